The maximum atomic E-state index is 12.4. The van der Waals surface area contributed by atoms with Crippen LogP contribution in [0.25, 0.3) is 12.2 Å². The molecule has 0 aliphatic carbocycles. The molecule has 0 unspecified atom stereocenters. The average molecular weight is 416 g/mol. The fourth-order valence-corrected chi connectivity index (χ4v) is 3.46. The molecule has 29 heavy (non-hydrogen) atoms. The van der Waals surface area contributed by atoms with Gasteiger partial charge in [0, 0.05) is 0 Å². The molecule has 0 N–H and O–H groups in total. The van der Waals surface area contributed by atoms with Crippen LogP contribution in [0.4, 0.5) is 5.69 Å². The summed E-state index contributed by atoms with van der Waals surface area (Å²) in [6.45, 7) is 1.47. The Morgan fingerprint density at radius 1 is 1.10 bits per heavy atom. The Kier molecular flexibility index (Phi) is 5.64. The smallest absolute Gasteiger partial charge is 0.339 e. The third kappa shape index (κ3) is 4.43. The van der Waals surface area contributed by atoms with E-state index >= 15 is 0 Å². The maximum Gasteiger partial charge on any atom is 0.339 e. The number of aryl methyl sites for hydroxylation is 1. The minimum atomic E-state index is -4.02. The summed E-state index contributed by atoms with van der Waals surface area (Å²) in [5.41, 5.74) is 0.527. The number of benzene rings is 2. The van der Waals surface area contributed by atoms with Gasteiger partial charge in [0.1, 0.15) is 4.90 Å². The minimum absolute atomic E-state index is 0.00144. The van der Waals surface area contributed by atoms with Crippen molar-refractivity contribution in [3.63, 3.8) is 0 Å². The molecule has 0 bridgehead atoms. The van der Waals surface area contributed by atoms with Gasteiger partial charge in [-0.05, 0) is 42.8 Å². The number of rotatable bonds is 7. The summed E-state index contributed by atoms with van der Waals surface area (Å²) in [6, 6.07) is 12.2. The van der Waals surface area contributed by atoms with Crippen LogP contribution < -0.4 is 8.92 Å². The first-order valence-corrected chi connectivity index (χ1v) is 9.69. The lowest BCUT2D eigenvalue weighted by atomic mass is 10.1. The third-order valence-electron chi connectivity index (χ3n) is 3.89. The van der Waals surface area contributed by atoms with Crippen molar-refractivity contribution in [3.8, 4) is 11.5 Å². The second kappa shape index (κ2) is 8.15. The molecule has 9 nitrogen and oxygen atoms in total. The van der Waals surface area contributed by atoms with E-state index in [1.807, 2.05) is 0 Å². The summed E-state index contributed by atoms with van der Waals surface area (Å²) >= 11 is 0. The molecular weight excluding hydrogens is 400 g/mol. The van der Waals surface area contributed by atoms with Crippen molar-refractivity contribution >= 4 is 28.0 Å². The van der Waals surface area contributed by atoms with Crippen LogP contribution in [0, 0.1) is 17.0 Å². The first-order chi connectivity index (χ1) is 13.8. The van der Waals surface area contributed by atoms with E-state index in [4.69, 9.17) is 13.4 Å². The number of nitro groups is 1. The SMILES string of the molecule is COc1cc(/C=C/c2onc(C)c2[N+](=O)[O-])ccc1OS(=O)(=O)c1ccccc1. The van der Waals surface area contributed by atoms with Crippen molar-refractivity contribution in [1.82, 2.24) is 5.16 Å². The highest BCUT2D eigenvalue weighted by atomic mass is 32.2. The van der Waals surface area contributed by atoms with Gasteiger partial charge in [0.15, 0.2) is 17.2 Å². The van der Waals surface area contributed by atoms with Crippen molar-refractivity contribution < 1.29 is 26.8 Å². The van der Waals surface area contributed by atoms with Gasteiger partial charge in [0.2, 0.25) is 5.76 Å². The number of ether oxygens (including phenoxy) is 1. The van der Waals surface area contributed by atoms with Gasteiger partial charge >= 0.3 is 15.8 Å². The second-order valence-electron chi connectivity index (χ2n) is 5.83. The molecule has 3 aromatic rings. The molecule has 0 spiro atoms. The molecule has 0 radical (unpaired) electrons. The van der Waals surface area contributed by atoms with Crippen molar-refractivity contribution in [1.29, 1.82) is 0 Å². The van der Waals surface area contributed by atoms with Gasteiger partial charge in [-0.2, -0.15) is 8.42 Å². The Morgan fingerprint density at radius 2 is 1.83 bits per heavy atom. The van der Waals surface area contributed by atoms with Crippen molar-refractivity contribution in [2.75, 3.05) is 7.11 Å². The highest BCUT2D eigenvalue weighted by Crippen LogP contribution is 2.32. The van der Waals surface area contributed by atoms with Gasteiger partial charge in [-0.1, -0.05) is 35.5 Å². The Bertz CT molecular complexity index is 1170. The van der Waals surface area contributed by atoms with Gasteiger partial charge in [0.05, 0.1) is 12.0 Å². The summed E-state index contributed by atoms with van der Waals surface area (Å²) in [7, 11) is -2.65. The highest BCUT2D eigenvalue weighted by molar-refractivity contribution is 7.87. The van der Waals surface area contributed by atoms with E-state index in [2.05, 4.69) is 5.16 Å². The van der Waals surface area contributed by atoms with Crippen LogP contribution >= 0.6 is 0 Å². The van der Waals surface area contributed by atoms with Crippen LogP contribution in [-0.4, -0.2) is 25.6 Å². The molecule has 10 heteroatoms. The van der Waals surface area contributed by atoms with E-state index in [1.54, 1.807) is 30.3 Å². The standard InChI is InChI=1S/C19H16N2O7S/c1-13-19(21(22)23)17(27-20-13)11-9-14-8-10-16(18(12-14)26-2)28-29(24,25)15-6-4-3-5-7-15/h3-12H,1-2H3/b11-9+. The van der Waals surface area contributed by atoms with Crippen LogP contribution in [-0.2, 0) is 10.1 Å². The second-order valence-corrected chi connectivity index (χ2v) is 7.38. The number of methoxy groups -OCH3 is 1. The number of aromatic nitrogens is 1. The predicted octanol–water partition coefficient (Wildman–Crippen LogP) is 3.84. The van der Waals surface area contributed by atoms with Gasteiger partial charge in [0.25, 0.3) is 0 Å². The zero-order valence-corrected chi connectivity index (χ0v) is 16.3. The van der Waals surface area contributed by atoms with Crippen molar-refractivity contribution in [2.45, 2.75) is 11.8 Å². The Hall–Kier alpha value is -3.66. The monoisotopic (exact) mass is 416 g/mol. The van der Waals surface area contributed by atoms with E-state index in [0.29, 0.717) is 5.56 Å². The fraction of sp³-hybridized carbons (Fsp3) is 0.105. The molecule has 0 amide bonds. The number of nitrogens with zero attached hydrogens (tertiary/aromatic N) is 2. The summed E-state index contributed by atoms with van der Waals surface area (Å²) < 4.78 is 40.2. The van der Waals surface area contributed by atoms with Gasteiger partial charge in [-0.15, -0.1) is 0 Å². The normalized spacial score (nSPS) is 11.5. The summed E-state index contributed by atoms with van der Waals surface area (Å²) in [6.07, 6.45) is 2.94. The molecule has 150 valence electrons. The van der Waals surface area contributed by atoms with E-state index in [-0.39, 0.29) is 33.5 Å². The highest BCUT2D eigenvalue weighted by Gasteiger charge is 2.22. The molecule has 0 aliphatic heterocycles. The van der Waals surface area contributed by atoms with E-state index in [1.165, 1.54) is 44.4 Å². The van der Waals surface area contributed by atoms with Crippen LogP contribution in [0.2, 0.25) is 0 Å². The van der Waals surface area contributed by atoms with Gasteiger partial charge in [-0.25, -0.2) is 0 Å². The van der Waals surface area contributed by atoms with Crippen molar-refractivity contribution in [2.24, 2.45) is 0 Å². The van der Waals surface area contributed by atoms with Crippen LogP contribution in [0.5, 0.6) is 11.5 Å². The first-order valence-electron chi connectivity index (χ1n) is 8.28. The fourth-order valence-electron chi connectivity index (χ4n) is 2.50. The predicted molar refractivity (Wildman–Crippen MR) is 104 cm³/mol. The molecular formula is C19H16N2O7S. The average Bonchev–Trinajstić information content (AvgIpc) is 3.08. The topological polar surface area (TPSA) is 122 Å². The van der Waals surface area contributed by atoms with Crippen LogP contribution in [0.3, 0.4) is 0 Å². The zero-order valence-electron chi connectivity index (χ0n) is 15.4. The third-order valence-corrected chi connectivity index (χ3v) is 5.13. The van der Waals surface area contributed by atoms with Crippen LogP contribution in [0.1, 0.15) is 17.0 Å². The Labute approximate surface area is 166 Å². The molecule has 0 saturated heterocycles. The molecule has 3 rings (SSSR count). The van der Waals surface area contributed by atoms with Crippen molar-refractivity contribution in [3.05, 3.63) is 75.7 Å². The molecule has 0 atom stereocenters. The van der Waals surface area contributed by atoms with Gasteiger partial charge in [-0.3, -0.25) is 10.1 Å². The summed E-state index contributed by atoms with van der Waals surface area (Å²) in [5, 5.41) is 14.7. The Morgan fingerprint density at radius 3 is 2.48 bits per heavy atom. The molecule has 0 saturated carbocycles. The molecule has 1 heterocycles. The maximum absolute atomic E-state index is 12.4. The zero-order chi connectivity index (χ0) is 21.0. The summed E-state index contributed by atoms with van der Waals surface area (Å²) in [5.74, 6) is 0.184. The molecule has 0 aliphatic rings. The lowest BCUT2D eigenvalue weighted by Crippen LogP contribution is -2.10. The number of hydrogen-bond acceptors (Lipinski definition) is 8. The number of hydrogen-bond donors (Lipinski definition) is 0. The minimum Gasteiger partial charge on any atom is -0.493 e. The van der Waals surface area contributed by atoms with E-state index in [9.17, 15) is 18.5 Å². The summed E-state index contributed by atoms with van der Waals surface area (Å²) in [4.78, 5) is 10.5. The molecule has 0 fully saturated rings. The lowest BCUT2D eigenvalue weighted by Gasteiger charge is -2.11. The Balaban J connectivity index is 1.87. The van der Waals surface area contributed by atoms with E-state index in [0.717, 1.165) is 0 Å². The largest absolute Gasteiger partial charge is 0.493 e. The quantitative estimate of drug-likeness (QED) is 0.323. The molecule has 2 aromatic carbocycles. The van der Waals surface area contributed by atoms with Crippen LogP contribution in [0.15, 0.2) is 57.9 Å². The van der Waals surface area contributed by atoms with Gasteiger partial charge < -0.3 is 13.4 Å². The molecule has 1 aromatic heterocycles. The first kappa shape index (κ1) is 20.1. The van der Waals surface area contributed by atoms with E-state index < -0.39 is 15.0 Å². The lowest BCUT2D eigenvalue weighted by molar-refractivity contribution is -0.386.